The van der Waals surface area contributed by atoms with Crippen molar-refractivity contribution < 1.29 is 0 Å². The first-order chi connectivity index (χ1) is 8.75. The van der Waals surface area contributed by atoms with E-state index < -0.39 is 0 Å². The number of aromatic nitrogens is 1. The van der Waals surface area contributed by atoms with Gasteiger partial charge in [-0.2, -0.15) is 0 Å². The summed E-state index contributed by atoms with van der Waals surface area (Å²) in [4.78, 5) is 6.89. The van der Waals surface area contributed by atoms with Crippen LogP contribution in [-0.2, 0) is 0 Å². The highest BCUT2D eigenvalue weighted by Gasteiger charge is 2.34. The van der Waals surface area contributed by atoms with Gasteiger partial charge in [0.25, 0.3) is 0 Å². The molecule has 3 nitrogen and oxygen atoms in total. The molecule has 2 heterocycles. The number of nitrogens with zero attached hydrogens (tertiary/aromatic N) is 2. The van der Waals surface area contributed by atoms with E-state index in [-0.39, 0.29) is 0 Å². The standard InChI is InChI=1S/C14H20ClN3/c15-12-8-11(16)9-17-14(12)18-7-3-5-10-4-1-2-6-13(10)18/h8-10,13H,1-7,16H2/t10-,13-/m1/s1. The molecule has 0 aromatic carbocycles. The molecule has 1 saturated heterocycles. The molecule has 2 N–H and O–H groups in total. The fourth-order valence-corrected chi connectivity index (χ4v) is 3.83. The topological polar surface area (TPSA) is 42.1 Å². The van der Waals surface area contributed by atoms with Crippen LogP contribution < -0.4 is 10.6 Å². The van der Waals surface area contributed by atoms with Crippen molar-refractivity contribution in [1.82, 2.24) is 4.98 Å². The molecule has 2 atom stereocenters. The first-order valence-corrected chi connectivity index (χ1v) is 7.31. The Hall–Kier alpha value is -0.960. The van der Waals surface area contributed by atoms with Crippen LogP contribution in [-0.4, -0.2) is 17.6 Å². The molecule has 4 heteroatoms. The summed E-state index contributed by atoms with van der Waals surface area (Å²) in [6.45, 7) is 1.08. The Morgan fingerprint density at radius 1 is 1.22 bits per heavy atom. The number of rotatable bonds is 1. The van der Waals surface area contributed by atoms with E-state index in [0.29, 0.717) is 16.8 Å². The molecule has 0 unspecified atom stereocenters. The van der Waals surface area contributed by atoms with E-state index in [2.05, 4.69) is 9.88 Å². The zero-order chi connectivity index (χ0) is 12.5. The zero-order valence-corrected chi connectivity index (χ0v) is 11.4. The van der Waals surface area contributed by atoms with Gasteiger partial charge in [-0.25, -0.2) is 4.98 Å². The number of nitrogens with two attached hydrogens (primary N) is 1. The van der Waals surface area contributed by atoms with E-state index in [1.54, 1.807) is 6.20 Å². The zero-order valence-electron chi connectivity index (χ0n) is 10.6. The summed E-state index contributed by atoms with van der Waals surface area (Å²) in [6.07, 6.45) is 9.72. The van der Waals surface area contributed by atoms with Gasteiger partial charge in [0.2, 0.25) is 0 Å². The van der Waals surface area contributed by atoms with Crippen LogP contribution in [0.4, 0.5) is 11.5 Å². The molecule has 98 valence electrons. The molecule has 1 saturated carbocycles. The van der Waals surface area contributed by atoms with Crippen LogP contribution in [0, 0.1) is 5.92 Å². The van der Waals surface area contributed by atoms with Gasteiger partial charge in [0.15, 0.2) is 0 Å². The predicted molar refractivity (Wildman–Crippen MR) is 76.0 cm³/mol. The number of hydrogen-bond acceptors (Lipinski definition) is 3. The molecule has 0 spiro atoms. The summed E-state index contributed by atoms with van der Waals surface area (Å²) in [6, 6.07) is 2.46. The van der Waals surface area contributed by atoms with E-state index in [1.165, 1.54) is 38.5 Å². The number of halogens is 1. The van der Waals surface area contributed by atoms with Crippen molar-refractivity contribution in [3.63, 3.8) is 0 Å². The normalized spacial score (nSPS) is 27.9. The Bertz CT molecular complexity index is 433. The predicted octanol–water partition coefficient (Wildman–Crippen LogP) is 3.48. The molecule has 0 bridgehead atoms. The second-order valence-corrected chi connectivity index (χ2v) is 5.93. The Morgan fingerprint density at radius 3 is 2.83 bits per heavy atom. The van der Waals surface area contributed by atoms with Crippen LogP contribution in [0.2, 0.25) is 5.02 Å². The molecule has 18 heavy (non-hydrogen) atoms. The van der Waals surface area contributed by atoms with Gasteiger partial charge in [-0.3, -0.25) is 0 Å². The molecule has 0 radical (unpaired) electrons. The maximum atomic E-state index is 6.31. The summed E-state index contributed by atoms with van der Waals surface area (Å²) in [5.74, 6) is 1.77. The summed E-state index contributed by atoms with van der Waals surface area (Å²) < 4.78 is 0. The van der Waals surface area contributed by atoms with Gasteiger partial charge in [0.05, 0.1) is 16.9 Å². The third-order valence-corrected chi connectivity index (χ3v) is 4.64. The Labute approximate surface area is 113 Å². The van der Waals surface area contributed by atoms with E-state index in [0.717, 1.165) is 18.3 Å². The molecule has 1 aliphatic heterocycles. The van der Waals surface area contributed by atoms with Gasteiger partial charge in [0, 0.05) is 12.6 Å². The maximum absolute atomic E-state index is 6.31. The highest BCUT2D eigenvalue weighted by atomic mass is 35.5. The smallest absolute Gasteiger partial charge is 0.147 e. The van der Waals surface area contributed by atoms with Crippen molar-refractivity contribution in [2.24, 2.45) is 5.92 Å². The van der Waals surface area contributed by atoms with Crippen molar-refractivity contribution in [2.75, 3.05) is 17.2 Å². The van der Waals surface area contributed by atoms with Gasteiger partial charge in [-0.1, -0.05) is 24.4 Å². The summed E-state index contributed by atoms with van der Waals surface area (Å²) in [5, 5.41) is 0.696. The summed E-state index contributed by atoms with van der Waals surface area (Å²) in [7, 11) is 0. The maximum Gasteiger partial charge on any atom is 0.147 e. The average Bonchev–Trinajstić information content (AvgIpc) is 2.38. The molecule has 2 fully saturated rings. The van der Waals surface area contributed by atoms with Gasteiger partial charge in [0.1, 0.15) is 5.82 Å². The number of hydrogen-bond donors (Lipinski definition) is 1. The third kappa shape index (κ3) is 2.16. The lowest BCUT2D eigenvalue weighted by Gasteiger charge is -2.45. The van der Waals surface area contributed by atoms with E-state index >= 15 is 0 Å². The lowest BCUT2D eigenvalue weighted by molar-refractivity contribution is 0.243. The number of piperidine rings is 1. The Kier molecular flexibility index (Phi) is 3.33. The second kappa shape index (κ2) is 4.96. The minimum atomic E-state index is 0.640. The molecule has 1 aliphatic carbocycles. The average molecular weight is 266 g/mol. The minimum absolute atomic E-state index is 0.640. The first-order valence-electron chi connectivity index (χ1n) is 6.93. The Balaban J connectivity index is 1.89. The van der Waals surface area contributed by atoms with Crippen LogP contribution in [0.3, 0.4) is 0 Å². The number of pyridine rings is 1. The number of anilines is 2. The monoisotopic (exact) mass is 265 g/mol. The van der Waals surface area contributed by atoms with Gasteiger partial charge in [-0.15, -0.1) is 0 Å². The third-order valence-electron chi connectivity index (χ3n) is 4.36. The van der Waals surface area contributed by atoms with Crippen LogP contribution in [0.15, 0.2) is 12.3 Å². The fourth-order valence-electron chi connectivity index (χ4n) is 3.54. The molecule has 0 amide bonds. The summed E-state index contributed by atoms with van der Waals surface area (Å²) in [5.41, 5.74) is 6.36. The number of nitrogen functional groups attached to an aromatic ring is 1. The number of fused-ring (bicyclic) bond motifs is 1. The van der Waals surface area contributed by atoms with Crippen molar-refractivity contribution in [1.29, 1.82) is 0 Å². The van der Waals surface area contributed by atoms with Gasteiger partial charge in [-0.05, 0) is 37.7 Å². The quantitative estimate of drug-likeness (QED) is 0.845. The van der Waals surface area contributed by atoms with Crippen LogP contribution in [0.25, 0.3) is 0 Å². The highest BCUT2D eigenvalue weighted by Crippen LogP contribution is 2.39. The van der Waals surface area contributed by atoms with Crippen molar-refractivity contribution in [3.8, 4) is 0 Å². The van der Waals surface area contributed by atoms with Gasteiger partial charge < -0.3 is 10.6 Å². The SMILES string of the molecule is Nc1cnc(N2CCC[C@H]3CCCC[C@H]32)c(Cl)c1. The van der Waals surface area contributed by atoms with Crippen molar-refractivity contribution in [3.05, 3.63) is 17.3 Å². The molecular formula is C14H20ClN3. The summed E-state index contributed by atoms with van der Waals surface area (Å²) >= 11 is 6.31. The van der Waals surface area contributed by atoms with Crippen molar-refractivity contribution in [2.45, 2.75) is 44.6 Å². The molecule has 1 aromatic heterocycles. The largest absolute Gasteiger partial charge is 0.397 e. The molecule has 2 aliphatic rings. The van der Waals surface area contributed by atoms with Gasteiger partial charge >= 0.3 is 0 Å². The fraction of sp³-hybridized carbons (Fsp3) is 0.643. The molecule has 1 aromatic rings. The van der Waals surface area contributed by atoms with Crippen LogP contribution in [0.1, 0.15) is 38.5 Å². The Morgan fingerprint density at radius 2 is 2.00 bits per heavy atom. The van der Waals surface area contributed by atoms with E-state index in [9.17, 15) is 0 Å². The second-order valence-electron chi connectivity index (χ2n) is 5.52. The first kappa shape index (κ1) is 12.1. The van der Waals surface area contributed by atoms with E-state index in [4.69, 9.17) is 17.3 Å². The van der Waals surface area contributed by atoms with E-state index in [1.807, 2.05) is 6.07 Å². The van der Waals surface area contributed by atoms with Crippen LogP contribution in [0.5, 0.6) is 0 Å². The molecule has 3 rings (SSSR count). The lowest BCUT2D eigenvalue weighted by atomic mass is 9.78. The lowest BCUT2D eigenvalue weighted by Crippen LogP contribution is -2.47. The minimum Gasteiger partial charge on any atom is -0.397 e. The molecular weight excluding hydrogens is 246 g/mol. The van der Waals surface area contributed by atoms with Crippen molar-refractivity contribution >= 4 is 23.1 Å². The van der Waals surface area contributed by atoms with Crippen LogP contribution >= 0.6 is 11.6 Å². The highest BCUT2D eigenvalue weighted by molar-refractivity contribution is 6.33.